The Morgan fingerprint density at radius 2 is 1.57 bits per heavy atom. The SMILES string of the molecule is CC(=O)Nc1ccc(N2C(=O)c3ccc(C(=O)OC(C)C(=O)NCCc4ccccc4)cc3C2=O)cc1. The fraction of sp³-hybridized carbons (Fsp3) is 0.179. The van der Waals surface area contributed by atoms with Gasteiger partial charge in [0.25, 0.3) is 17.7 Å². The lowest BCUT2D eigenvalue weighted by atomic mass is 10.1. The lowest BCUT2D eigenvalue weighted by molar-refractivity contribution is -0.129. The van der Waals surface area contributed by atoms with Gasteiger partial charge in [0.1, 0.15) is 0 Å². The number of benzene rings is 3. The predicted molar refractivity (Wildman–Crippen MR) is 136 cm³/mol. The highest BCUT2D eigenvalue weighted by Gasteiger charge is 2.37. The first-order valence-electron chi connectivity index (χ1n) is 11.7. The Hall–Kier alpha value is -4.79. The molecule has 0 fully saturated rings. The molecule has 0 aromatic heterocycles. The zero-order chi connectivity index (χ0) is 26.5. The number of hydrogen-bond donors (Lipinski definition) is 2. The first kappa shape index (κ1) is 25.3. The highest BCUT2D eigenvalue weighted by molar-refractivity contribution is 6.34. The molecule has 0 spiro atoms. The second kappa shape index (κ2) is 10.9. The van der Waals surface area contributed by atoms with Gasteiger partial charge in [-0.05, 0) is 61.4 Å². The second-order valence-corrected chi connectivity index (χ2v) is 8.51. The summed E-state index contributed by atoms with van der Waals surface area (Å²) in [6.07, 6.45) is -0.409. The third-order valence-corrected chi connectivity index (χ3v) is 5.78. The van der Waals surface area contributed by atoms with Crippen molar-refractivity contribution in [2.45, 2.75) is 26.4 Å². The minimum atomic E-state index is -1.05. The van der Waals surface area contributed by atoms with Crippen LogP contribution >= 0.6 is 0 Å². The lowest BCUT2D eigenvalue weighted by Gasteiger charge is -2.14. The highest BCUT2D eigenvalue weighted by Crippen LogP contribution is 2.30. The van der Waals surface area contributed by atoms with Gasteiger partial charge >= 0.3 is 5.97 Å². The molecule has 1 aliphatic heterocycles. The van der Waals surface area contributed by atoms with Crippen LogP contribution in [0.1, 0.15) is 50.5 Å². The standard InChI is InChI=1S/C28H25N3O6/c1-17(25(33)29-15-14-19-6-4-3-5-7-19)37-28(36)20-8-13-23-24(16-20)27(35)31(26(23)34)22-11-9-21(10-12-22)30-18(2)32/h3-13,16-17H,14-15H2,1-2H3,(H,29,33)(H,30,32). The van der Waals surface area contributed by atoms with Crippen molar-refractivity contribution in [3.63, 3.8) is 0 Å². The molecule has 4 amide bonds. The maximum atomic E-state index is 13.0. The van der Waals surface area contributed by atoms with Gasteiger partial charge in [-0.15, -0.1) is 0 Å². The number of anilines is 2. The molecule has 4 rings (SSSR count). The summed E-state index contributed by atoms with van der Waals surface area (Å²) in [6.45, 7) is 3.23. The molecule has 1 heterocycles. The molecule has 0 bridgehead atoms. The smallest absolute Gasteiger partial charge is 0.338 e. The van der Waals surface area contributed by atoms with Gasteiger partial charge in [-0.3, -0.25) is 19.2 Å². The number of carbonyl (C=O) groups excluding carboxylic acids is 5. The van der Waals surface area contributed by atoms with Gasteiger partial charge in [-0.2, -0.15) is 0 Å². The van der Waals surface area contributed by atoms with E-state index in [0.29, 0.717) is 24.3 Å². The third kappa shape index (κ3) is 5.72. The van der Waals surface area contributed by atoms with E-state index in [1.807, 2.05) is 30.3 Å². The van der Waals surface area contributed by atoms with Gasteiger partial charge in [-0.1, -0.05) is 30.3 Å². The molecule has 0 aliphatic carbocycles. The molecule has 3 aromatic rings. The van der Waals surface area contributed by atoms with Crippen molar-refractivity contribution in [3.8, 4) is 0 Å². The van der Waals surface area contributed by atoms with Crippen molar-refractivity contribution >= 4 is 41.0 Å². The molecule has 0 saturated carbocycles. The Kier molecular flexibility index (Phi) is 7.43. The Labute approximate surface area is 213 Å². The van der Waals surface area contributed by atoms with Gasteiger partial charge in [0, 0.05) is 19.2 Å². The quantitative estimate of drug-likeness (QED) is 0.362. The Morgan fingerprint density at radius 1 is 0.892 bits per heavy atom. The van der Waals surface area contributed by atoms with Gasteiger partial charge in [0.05, 0.1) is 22.4 Å². The number of nitrogens with one attached hydrogen (secondary N) is 2. The van der Waals surface area contributed by atoms with Crippen LogP contribution in [0.25, 0.3) is 0 Å². The maximum Gasteiger partial charge on any atom is 0.338 e. The molecule has 0 saturated heterocycles. The second-order valence-electron chi connectivity index (χ2n) is 8.51. The van der Waals surface area contributed by atoms with Crippen LogP contribution in [0, 0.1) is 0 Å². The summed E-state index contributed by atoms with van der Waals surface area (Å²) in [5, 5.41) is 5.35. The summed E-state index contributed by atoms with van der Waals surface area (Å²) in [5.74, 6) is -2.59. The minimum absolute atomic E-state index is 0.0479. The lowest BCUT2D eigenvalue weighted by Crippen LogP contribution is -2.36. The number of hydrogen-bond acceptors (Lipinski definition) is 6. The number of carbonyl (C=O) groups is 5. The van der Waals surface area contributed by atoms with E-state index in [1.165, 1.54) is 32.0 Å². The van der Waals surface area contributed by atoms with Gasteiger partial charge in [0.2, 0.25) is 5.91 Å². The van der Waals surface area contributed by atoms with E-state index in [9.17, 15) is 24.0 Å². The molecular weight excluding hydrogens is 474 g/mol. The van der Waals surface area contributed by atoms with Crippen LogP contribution in [0.5, 0.6) is 0 Å². The fourth-order valence-corrected chi connectivity index (χ4v) is 3.90. The predicted octanol–water partition coefficient (Wildman–Crippen LogP) is 3.35. The van der Waals surface area contributed by atoms with Crippen molar-refractivity contribution in [2.24, 2.45) is 0 Å². The van der Waals surface area contributed by atoms with Crippen molar-refractivity contribution in [1.29, 1.82) is 0 Å². The van der Waals surface area contributed by atoms with E-state index in [0.717, 1.165) is 10.5 Å². The first-order valence-corrected chi connectivity index (χ1v) is 11.7. The van der Waals surface area contributed by atoms with E-state index in [4.69, 9.17) is 4.74 Å². The average molecular weight is 500 g/mol. The van der Waals surface area contributed by atoms with E-state index in [-0.39, 0.29) is 22.6 Å². The maximum absolute atomic E-state index is 13.0. The third-order valence-electron chi connectivity index (χ3n) is 5.78. The Bertz CT molecular complexity index is 1370. The normalized spacial score (nSPS) is 13.1. The van der Waals surface area contributed by atoms with Gasteiger partial charge in [0.15, 0.2) is 6.10 Å². The zero-order valence-corrected chi connectivity index (χ0v) is 20.3. The van der Waals surface area contributed by atoms with Crippen molar-refractivity contribution in [2.75, 3.05) is 16.8 Å². The molecule has 3 aromatic carbocycles. The molecule has 9 nitrogen and oxygen atoms in total. The molecule has 0 radical (unpaired) electrons. The average Bonchev–Trinajstić information content (AvgIpc) is 3.14. The van der Waals surface area contributed by atoms with Crippen LogP contribution in [0.15, 0.2) is 72.8 Å². The number of rotatable bonds is 8. The summed E-state index contributed by atoms with van der Waals surface area (Å²) in [5.41, 5.74) is 2.18. The summed E-state index contributed by atoms with van der Waals surface area (Å²) >= 11 is 0. The Balaban J connectivity index is 1.39. The number of ether oxygens (including phenoxy) is 1. The van der Waals surface area contributed by atoms with Crippen molar-refractivity contribution in [3.05, 3.63) is 95.1 Å². The molecule has 37 heavy (non-hydrogen) atoms. The first-order chi connectivity index (χ1) is 17.7. The molecule has 2 N–H and O–H groups in total. The van der Waals surface area contributed by atoms with Gasteiger partial charge in [-0.25, -0.2) is 9.69 Å². The van der Waals surface area contributed by atoms with Crippen LogP contribution in [0.2, 0.25) is 0 Å². The molecule has 188 valence electrons. The number of nitrogens with zero attached hydrogens (tertiary/aromatic N) is 1. The van der Waals surface area contributed by atoms with E-state index in [1.54, 1.807) is 24.3 Å². The van der Waals surface area contributed by atoms with Crippen molar-refractivity contribution in [1.82, 2.24) is 5.32 Å². The topological polar surface area (TPSA) is 122 Å². The van der Waals surface area contributed by atoms with Gasteiger partial charge < -0.3 is 15.4 Å². The van der Waals surface area contributed by atoms with Crippen LogP contribution in [-0.4, -0.2) is 42.2 Å². The van der Waals surface area contributed by atoms with E-state index in [2.05, 4.69) is 10.6 Å². The largest absolute Gasteiger partial charge is 0.449 e. The van der Waals surface area contributed by atoms with Crippen LogP contribution in [0.3, 0.4) is 0 Å². The Morgan fingerprint density at radius 3 is 2.24 bits per heavy atom. The zero-order valence-electron chi connectivity index (χ0n) is 20.3. The summed E-state index contributed by atoms with van der Waals surface area (Å²) in [4.78, 5) is 63.1. The van der Waals surface area contributed by atoms with E-state index < -0.39 is 29.8 Å². The van der Waals surface area contributed by atoms with Crippen molar-refractivity contribution < 1.29 is 28.7 Å². The van der Waals surface area contributed by atoms with Crippen LogP contribution < -0.4 is 15.5 Å². The molecule has 9 heteroatoms. The summed E-state index contributed by atoms with van der Waals surface area (Å²) in [6, 6.07) is 20.0. The number of imide groups is 1. The summed E-state index contributed by atoms with van der Waals surface area (Å²) in [7, 11) is 0. The molecule has 1 atom stereocenters. The molecule has 1 aliphatic rings. The van der Waals surface area contributed by atoms with Crippen LogP contribution in [-0.2, 0) is 20.7 Å². The minimum Gasteiger partial charge on any atom is -0.449 e. The molecular formula is C28H25N3O6. The van der Waals surface area contributed by atoms with Crippen LogP contribution in [0.4, 0.5) is 11.4 Å². The monoisotopic (exact) mass is 499 g/mol. The summed E-state index contributed by atoms with van der Waals surface area (Å²) < 4.78 is 5.28. The number of amides is 4. The number of esters is 1. The molecule has 1 unspecified atom stereocenters. The fourth-order valence-electron chi connectivity index (χ4n) is 3.90. The van der Waals surface area contributed by atoms with E-state index >= 15 is 0 Å². The highest BCUT2D eigenvalue weighted by atomic mass is 16.5. The number of fused-ring (bicyclic) bond motifs is 1.